The second kappa shape index (κ2) is 5.49. The Bertz CT molecular complexity index is 642. The van der Waals surface area contributed by atoms with E-state index in [2.05, 4.69) is 25.7 Å². The van der Waals surface area contributed by atoms with Gasteiger partial charge in [-0.2, -0.15) is 8.78 Å². The molecule has 0 aliphatic carbocycles. The Hall–Kier alpha value is -1.47. The number of hydrogen-bond acceptors (Lipinski definition) is 3. The number of fused-ring (bicyclic) bond motifs is 1. The van der Waals surface area contributed by atoms with E-state index < -0.39 is 18.0 Å². The van der Waals surface area contributed by atoms with Crippen LogP contribution in [0.2, 0.25) is 0 Å². The van der Waals surface area contributed by atoms with E-state index in [0.29, 0.717) is 15.4 Å². The molecule has 0 saturated carbocycles. The van der Waals surface area contributed by atoms with E-state index in [4.69, 9.17) is 0 Å². The van der Waals surface area contributed by atoms with Crippen molar-refractivity contribution >= 4 is 32.8 Å². The molecule has 7 heteroatoms. The molecule has 1 atom stereocenters. The molecule has 20 heavy (non-hydrogen) atoms. The summed E-state index contributed by atoms with van der Waals surface area (Å²) >= 11 is 3.23. The zero-order chi connectivity index (χ0) is 14.9. The Kier molecular flexibility index (Phi) is 4.10. The van der Waals surface area contributed by atoms with Gasteiger partial charge in [0.25, 0.3) is 0 Å². The fourth-order valence-electron chi connectivity index (χ4n) is 1.87. The summed E-state index contributed by atoms with van der Waals surface area (Å²) in [6, 6.07) is 5.00. The first-order chi connectivity index (χ1) is 9.37. The van der Waals surface area contributed by atoms with Gasteiger partial charge in [-0.3, -0.25) is 0 Å². The van der Waals surface area contributed by atoms with Gasteiger partial charge in [0.15, 0.2) is 6.10 Å². The molecule has 1 unspecified atom stereocenters. The monoisotopic (exact) mass is 347 g/mol. The number of carbonyl (C=O) groups excluding carboxylic acids is 1. The smallest absolute Gasteiger partial charge is 0.380 e. The zero-order valence-electron chi connectivity index (χ0n) is 10.5. The number of aliphatic hydroxyl groups is 1. The summed E-state index contributed by atoms with van der Waals surface area (Å²) in [5.41, 5.74) is 0.529. The minimum absolute atomic E-state index is 0.0562. The lowest BCUT2D eigenvalue weighted by Crippen LogP contribution is -2.37. The third-order valence-corrected chi connectivity index (χ3v) is 3.35. The molecule has 4 nitrogen and oxygen atoms in total. The van der Waals surface area contributed by atoms with Crippen LogP contribution in [0.1, 0.15) is 18.6 Å². The SMILES string of the molecule is CCOC(=O)C(F)(F)C(O)c1c[nH]c2ccc(Br)cc12. The molecule has 1 heterocycles. The van der Waals surface area contributed by atoms with Gasteiger partial charge in [0, 0.05) is 27.1 Å². The number of carbonyl (C=O) groups is 1. The molecule has 0 aliphatic heterocycles. The lowest BCUT2D eigenvalue weighted by Gasteiger charge is -2.20. The molecule has 0 bridgehead atoms. The van der Waals surface area contributed by atoms with Crippen LogP contribution in [0.15, 0.2) is 28.9 Å². The van der Waals surface area contributed by atoms with E-state index in [-0.39, 0.29) is 12.2 Å². The first-order valence-corrected chi connectivity index (χ1v) is 6.66. The van der Waals surface area contributed by atoms with Gasteiger partial charge in [-0.1, -0.05) is 15.9 Å². The predicted molar refractivity (Wildman–Crippen MR) is 72.5 cm³/mol. The van der Waals surface area contributed by atoms with Gasteiger partial charge >= 0.3 is 11.9 Å². The van der Waals surface area contributed by atoms with Gasteiger partial charge < -0.3 is 14.8 Å². The second-order valence-corrected chi connectivity index (χ2v) is 5.10. The van der Waals surface area contributed by atoms with Gasteiger partial charge in [0.1, 0.15) is 0 Å². The average Bonchev–Trinajstić information content (AvgIpc) is 2.80. The van der Waals surface area contributed by atoms with Crippen LogP contribution in [0.5, 0.6) is 0 Å². The number of hydrogen-bond donors (Lipinski definition) is 2. The van der Waals surface area contributed by atoms with Gasteiger partial charge in [0.05, 0.1) is 6.61 Å². The molecule has 2 rings (SSSR count). The molecule has 0 aliphatic rings. The molecule has 0 spiro atoms. The fourth-order valence-corrected chi connectivity index (χ4v) is 2.24. The van der Waals surface area contributed by atoms with Crippen LogP contribution < -0.4 is 0 Å². The molecule has 2 N–H and O–H groups in total. The predicted octanol–water partition coefficient (Wildman–Crippen LogP) is 3.16. The van der Waals surface area contributed by atoms with Crippen molar-refractivity contribution < 1.29 is 23.4 Å². The maximum absolute atomic E-state index is 13.8. The Morgan fingerprint density at radius 3 is 2.90 bits per heavy atom. The van der Waals surface area contributed by atoms with E-state index in [1.165, 1.54) is 13.1 Å². The van der Waals surface area contributed by atoms with E-state index in [0.717, 1.165) is 0 Å². The summed E-state index contributed by atoms with van der Waals surface area (Å²) in [6.45, 7) is 1.24. The quantitative estimate of drug-likeness (QED) is 0.835. The van der Waals surface area contributed by atoms with E-state index in [1.807, 2.05) is 0 Å². The van der Waals surface area contributed by atoms with E-state index in [9.17, 15) is 18.7 Å². The second-order valence-electron chi connectivity index (χ2n) is 4.18. The molecule has 0 fully saturated rings. The van der Waals surface area contributed by atoms with Crippen LogP contribution in [-0.2, 0) is 9.53 Å². The highest BCUT2D eigenvalue weighted by Gasteiger charge is 2.49. The highest BCUT2D eigenvalue weighted by Crippen LogP contribution is 2.36. The van der Waals surface area contributed by atoms with Crippen LogP contribution in [0.3, 0.4) is 0 Å². The number of benzene rings is 1. The number of halogens is 3. The molecule has 0 amide bonds. The molecule has 2 aromatic rings. The van der Waals surface area contributed by atoms with Crippen molar-refractivity contribution in [1.29, 1.82) is 0 Å². The van der Waals surface area contributed by atoms with Crippen LogP contribution in [-0.4, -0.2) is 28.6 Å². The zero-order valence-corrected chi connectivity index (χ0v) is 12.1. The number of alkyl halides is 2. The van der Waals surface area contributed by atoms with Gasteiger partial charge in [-0.15, -0.1) is 0 Å². The summed E-state index contributed by atoms with van der Waals surface area (Å²) < 4.78 is 32.7. The van der Waals surface area contributed by atoms with E-state index >= 15 is 0 Å². The van der Waals surface area contributed by atoms with Crippen molar-refractivity contribution in [1.82, 2.24) is 4.98 Å². The van der Waals surface area contributed by atoms with Crippen molar-refractivity contribution in [3.05, 3.63) is 34.4 Å². The number of rotatable bonds is 4. The summed E-state index contributed by atoms with van der Waals surface area (Å²) in [7, 11) is 0. The van der Waals surface area contributed by atoms with Crippen molar-refractivity contribution in [2.45, 2.75) is 19.0 Å². The molecule has 0 radical (unpaired) electrons. The highest BCUT2D eigenvalue weighted by atomic mass is 79.9. The Morgan fingerprint density at radius 1 is 1.55 bits per heavy atom. The van der Waals surface area contributed by atoms with Gasteiger partial charge in [-0.05, 0) is 25.1 Å². The lowest BCUT2D eigenvalue weighted by molar-refractivity contribution is -0.188. The highest BCUT2D eigenvalue weighted by molar-refractivity contribution is 9.10. The van der Waals surface area contributed by atoms with E-state index in [1.54, 1.807) is 18.2 Å². The first kappa shape index (κ1) is 14.9. The van der Waals surface area contributed by atoms with Gasteiger partial charge in [-0.25, -0.2) is 4.79 Å². The van der Waals surface area contributed by atoms with Crippen molar-refractivity contribution in [3.63, 3.8) is 0 Å². The van der Waals surface area contributed by atoms with Crippen LogP contribution in [0, 0.1) is 0 Å². The summed E-state index contributed by atoms with van der Waals surface area (Å²) in [5.74, 6) is -5.75. The number of esters is 1. The minimum Gasteiger partial charge on any atom is -0.461 e. The van der Waals surface area contributed by atoms with Crippen molar-refractivity contribution in [2.24, 2.45) is 0 Å². The number of nitrogens with one attached hydrogen (secondary N) is 1. The molecule has 1 aromatic heterocycles. The number of H-pyrrole nitrogens is 1. The Labute approximate surface area is 121 Å². The minimum atomic E-state index is -4.01. The molecular formula is C13H12BrF2NO3. The third kappa shape index (κ3) is 2.55. The number of ether oxygens (including phenoxy) is 1. The number of aliphatic hydroxyl groups excluding tert-OH is 1. The van der Waals surface area contributed by atoms with Crippen LogP contribution in [0.4, 0.5) is 8.78 Å². The standard InChI is InChI=1S/C13H12BrF2NO3/c1-2-20-12(19)13(15,16)11(18)9-6-17-10-4-3-7(14)5-8(9)10/h3-6,11,17-18H,2H2,1H3. The molecule has 1 aromatic carbocycles. The lowest BCUT2D eigenvalue weighted by atomic mass is 10.0. The fraction of sp³-hybridized carbons (Fsp3) is 0.308. The topological polar surface area (TPSA) is 62.3 Å². The van der Waals surface area contributed by atoms with Gasteiger partial charge in [0.2, 0.25) is 0 Å². The average molecular weight is 348 g/mol. The number of aromatic nitrogens is 1. The third-order valence-electron chi connectivity index (χ3n) is 2.86. The number of aromatic amines is 1. The first-order valence-electron chi connectivity index (χ1n) is 5.87. The maximum atomic E-state index is 13.8. The normalized spacial score (nSPS) is 13.4. The van der Waals surface area contributed by atoms with Crippen LogP contribution in [0.25, 0.3) is 10.9 Å². The summed E-state index contributed by atoms with van der Waals surface area (Å²) in [6.07, 6.45) is -1.01. The maximum Gasteiger partial charge on any atom is 0.380 e. The molecule has 108 valence electrons. The van der Waals surface area contributed by atoms with Crippen molar-refractivity contribution in [2.75, 3.05) is 6.61 Å². The molecule has 0 saturated heterocycles. The Morgan fingerprint density at radius 2 is 2.25 bits per heavy atom. The van der Waals surface area contributed by atoms with Crippen molar-refractivity contribution in [3.8, 4) is 0 Å². The Balaban J connectivity index is 2.42. The summed E-state index contributed by atoms with van der Waals surface area (Å²) in [4.78, 5) is 14.0. The van der Waals surface area contributed by atoms with Crippen LogP contribution >= 0.6 is 15.9 Å². The molecular weight excluding hydrogens is 336 g/mol. The largest absolute Gasteiger partial charge is 0.461 e. The summed E-state index contributed by atoms with van der Waals surface area (Å²) in [5, 5.41) is 10.2.